The van der Waals surface area contributed by atoms with Crippen LogP contribution in [0.15, 0.2) is 64.4 Å². The van der Waals surface area contributed by atoms with Gasteiger partial charge < -0.3 is 15.5 Å². The average molecular weight is 536 g/mol. The van der Waals surface area contributed by atoms with Crippen molar-refractivity contribution in [2.45, 2.75) is 46.0 Å². The van der Waals surface area contributed by atoms with E-state index in [0.717, 1.165) is 48.3 Å². The quantitative estimate of drug-likeness (QED) is 0.319. The van der Waals surface area contributed by atoms with Gasteiger partial charge in [-0.3, -0.25) is 9.79 Å². The van der Waals surface area contributed by atoms with Crippen LogP contribution in [0.2, 0.25) is 10.0 Å². The Labute approximate surface area is 221 Å². The SMILES string of the molecule is CC(C)CC1=C(c2ccc(Cl)c(Cl)c2)NC(=NCC(CC2=CCCC/C=C(\O)C=C2)C(=O)O)SC1. The molecule has 0 spiro atoms. The molecule has 1 aliphatic heterocycles. The highest BCUT2D eigenvalue weighted by molar-refractivity contribution is 8.14. The zero-order valence-electron chi connectivity index (χ0n) is 20.1. The molecule has 3 rings (SSSR count). The van der Waals surface area contributed by atoms with Crippen LogP contribution in [-0.4, -0.2) is 33.6 Å². The van der Waals surface area contributed by atoms with E-state index in [1.54, 1.807) is 36.1 Å². The minimum Gasteiger partial charge on any atom is -0.508 e. The van der Waals surface area contributed by atoms with Gasteiger partial charge in [-0.2, -0.15) is 0 Å². The summed E-state index contributed by atoms with van der Waals surface area (Å²) in [5, 5.41) is 24.8. The normalized spacial score (nSPS) is 20.4. The Morgan fingerprint density at radius 2 is 1.91 bits per heavy atom. The lowest BCUT2D eigenvalue weighted by Gasteiger charge is -2.25. The fourth-order valence-electron chi connectivity index (χ4n) is 3.97. The molecule has 188 valence electrons. The Hall–Kier alpha value is -2.15. The summed E-state index contributed by atoms with van der Waals surface area (Å²) in [5.41, 5.74) is 4.07. The van der Waals surface area contributed by atoms with E-state index in [0.29, 0.717) is 27.6 Å². The van der Waals surface area contributed by atoms with Crippen molar-refractivity contribution in [2.75, 3.05) is 12.3 Å². The second-order valence-electron chi connectivity index (χ2n) is 9.18. The van der Waals surface area contributed by atoms with Gasteiger partial charge in [0.25, 0.3) is 0 Å². The number of aliphatic hydroxyl groups excluding tert-OH is 1. The van der Waals surface area contributed by atoms with E-state index in [1.165, 1.54) is 5.57 Å². The number of aliphatic carboxylic acids is 1. The summed E-state index contributed by atoms with van der Waals surface area (Å²) < 4.78 is 0. The number of aliphatic imine (C=N–C) groups is 1. The number of nitrogens with zero attached hydrogens (tertiary/aromatic N) is 1. The Kier molecular flexibility index (Phi) is 10.4. The van der Waals surface area contributed by atoms with E-state index in [1.807, 2.05) is 12.1 Å². The number of thioether (sulfide) groups is 1. The van der Waals surface area contributed by atoms with Crippen LogP contribution >= 0.6 is 35.0 Å². The first kappa shape index (κ1) is 27.4. The van der Waals surface area contributed by atoms with Crippen molar-refractivity contribution >= 4 is 51.8 Å². The van der Waals surface area contributed by atoms with E-state index in [9.17, 15) is 15.0 Å². The van der Waals surface area contributed by atoms with Crippen molar-refractivity contribution in [3.63, 3.8) is 0 Å². The number of carbonyl (C=O) groups is 1. The lowest BCUT2D eigenvalue weighted by Crippen LogP contribution is -2.28. The van der Waals surface area contributed by atoms with Gasteiger partial charge in [0.15, 0.2) is 5.17 Å². The lowest BCUT2D eigenvalue weighted by molar-refractivity contribution is -0.141. The van der Waals surface area contributed by atoms with Crippen molar-refractivity contribution in [1.82, 2.24) is 5.32 Å². The van der Waals surface area contributed by atoms with Gasteiger partial charge in [0, 0.05) is 11.4 Å². The van der Waals surface area contributed by atoms with Crippen LogP contribution in [-0.2, 0) is 4.79 Å². The van der Waals surface area contributed by atoms with Crippen molar-refractivity contribution in [3.8, 4) is 0 Å². The number of hydrogen-bond donors (Lipinski definition) is 3. The minimum absolute atomic E-state index is 0.159. The first-order valence-electron chi connectivity index (χ1n) is 11.8. The number of allylic oxidation sites excluding steroid dienone is 5. The second kappa shape index (κ2) is 13.2. The van der Waals surface area contributed by atoms with Gasteiger partial charge in [-0.15, -0.1) is 0 Å². The van der Waals surface area contributed by atoms with Gasteiger partial charge in [0.2, 0.25) is 0 Å². The molecule has 1 unspecified atom stereocenters. The molecule has 0 radical (unpaired) electrons. The molecule has 1 atom stereocenters. The minimum atomic E-state index is -0.884. The van der Waals surface area contributed by atoms with E-state index in [-0.39, 0.29) is 12.3 Å². The number of carboxylic acids is 1. The zero-order valence-corrected chi connectivity index (χ0v) is 22.4. The molecule has 0 amide bonds. The van der Waals surface area contributed by atoms with Crippen LogP contribution in [0.1, 0.15) is 51.5 Å². The van der Waals surface area contributed by atoms with Crippen molar-refractivity contribution < 1.29 is 15.0 Å². The molecular weight excluding hydrogens is 503 g/mol. The molecule has 2 aliphatic rings. The lowest BCUT2D eigenvalue weighted by atomic mass is 9.98. The number of benzene rings is 1. The largest absolute Gasteiger partial charge is 0.508 e. The monoisotopic (exact) mass is 534 g/mol. The smallest absolute Gasteiger partial charge is 0.308 e. The maximum atomic E-state index is 12.0. The van der Waals surface area contributed by atoms with Crippen LogP contribution in [0, 0.1) is 11.8 Å². The predicted molar refractivity (Wildman–Crippen MR) is 148 cm³/mol. The molecule has 1 heterocycles. The number of amidine groups is 1. The standard InChI is InChI=1S/C27H32Cl2N2O3S/c1-17(2)12-21-16-35-27(31-25(21)19-9-11-23(28)24(29)14-19)30-15-20(26(33)34)13-18-6-4-3-5-7-22(32)10-8-18/h6-11,14,17,20,32H,3-5,12-13,15-16H2,1-2H3,(H,30,31)(H,33,34)/b10-8?,18-6?,22-7-. The number of halogens is 2. The molecule has 1 aromatic carbocycles. The van der Waals surface area contributed by atoms with Gasteiger partial charge in [0.1, 0.15) is 5.76 Å². The highest BCUT2D eigenvalue weighted by Crippen LogP contribution is 2.33. The third-order valence-electron chi connectivity index (χ3n) is 5.75. The number of carboxylic acid groups (broad SMARTS) is 1. The second-order valence-corrected chi connectivity index (χ2v) is 11.0. The summed E-state index contributed by atoms with van der Waals surface area (Å²) in [6.07, 6.45) is 11.1. The fraction of sp³-hybridized carbons (Fsp3) is 0.407. The third-order valence-corrected chi connectivity index (χ3v) is 7.49. The van der Waals surface area contributed by atoms with E-state index < -0.39 is 11.9 Å². The Morgan fingerprint density at radius 1 is 1.14 bits per heavy atom. The zero-order chi connectivity index (χ0) is 25.4. The molecule has 0 saturated carbocycles. The Morgan fingerprint density at radius 3 is 2.63 bits per heavy atom. The van der Waals surface area contributed by atoms with Crippen molar-refractivity contribution in [2.24, 2.45) is 16.8 Å². The molecule has 0 aromatic heterocycles. The molecule has 3 N–H and O–H groups in total. The Balaban J connectivity index is 1.78. The van der Waals surface area contributed by atoms with Gasteiger partial charge in [0.05, 0.1) is 22.5 Å². The summed E-state index contributed by atoms with van der Waals surface area (Å²) in [6, 6.07) is 5.57. The summed E-state index contributed by atoms with van der Waals surface area (Å²) >= 11 is 14.0. The molecule has 1 aliphatic carbocycles. The van der Waals surface area contributed by atoms with Gasteiger partial charge in [-0.25, -0.2) is 0 Å². The highest BCUT2D eigenvalue weighted by Gasteiger charge is 2.22. The molecule has 0 saturated heterocycles. The maximum absolute atomic E-state index is 12.0. The van der Waals surface area contributed by atoms with Gasteiger partial charge in [-0.05, 0) is 73.4 Å². The van der Waals surface area contributed by atoms with E-state index >= 15 is 0 Å². The van der Waals surface area contributed by atoms with Gasteiger partial charge >= 0.3 is 5.97 Å². The first-order valence-corrected chi connectivity index (χ1v) is 13.6. The number of aliphatic hydroxyl groups is 1. The molecule has 5 nitrogen and oxygen atoms in total. The van der Waals surface area contributed by atoms with Crippen LogP contribution < -0.4 is 5.32 Å². The topological polar surface area (TPSA) is 81.9 Å². The van der Waals surface area contributed by atoms with Crippen molar-refractivity contribution in [1.29, 1.82) is 0 Å². The molecule has 1 aromatic rings. The maximum Gasteiger partial charge on any atom is 0.308 e. The summed E-state index contributed by atoms with van der Waals surface area (Å²) in [6.45, 7) is 4.52. The Bertz CT molecular complexity index is 1090. The number of hydrogen-bond acceptors (Lipinski definition) is 4. The number of nitrogens with one attached hydrogen (secondary N) is 1. The van der Waals surface area contributed by atoms with Gasteiger partial charge in [-0.1, -0.05) is 72.6 Å². The first-order chi connectivity index (χ1) is 16.7. The molecule has 35 heavy (non-hydrogen) atoms. The summed E-state index contributed by atoms with van der Waals surface area (Å²) in [4.78, 5) is 16.7. The summed E-state index contributed by atoms with van der Waals surface area (Å²) in [7, 11) is 0. The fourth-order valence-corrected chi connectivity index (χ4v) is 5.18. The molecular formula is C27H32Cl2N2O3S. The van der Waals surface area contributed by atoms with Crippen molar-refractivity contribution in [3.05, 3.63) is 75.0 Å². The summed E-state index contributed by atoms with van der Waals surface area (Å²) in [5.74, 6) is -0.0706. The molecule has 0 fully saturated rings. The van der Waals surface area contributed by atoms with E-state index in [2.05, 4.69) is 30.2 Å². The molecule has 8 heteroatoms. The highest BCUT2D eigenvalue weighted by atomic mass is 35.5. The predicted octanol–water partition coefficient (Wildman–Crippen LogP) is 7.64. The number of rotatable bonds is 8. The van der Waals surface area contributed by atoms with E-state index in [4.69, 9.17) is 23.2 Å². The average Bonchev–Trinajstić information content (AvgIpc) is 2.91. The third kappa shape index (κ3) is 8.48. The van der Waals surface area contributed by atoms with Crippen LogP contribution in [0.25, 0.3) is 5.70 Å². The van der Waals surface area contributed by atoms with Crippen LogP contribution in [0.4, 0.5) is 0 Å². The molecule has 0 bridgehead atoms. The van der Waals surface area contributed by atoms with Crippen LogP contribution in [0.3, 0.4) is 0 Å². The van der Waals surface area contributed by atoms with Crippen LogP contribution in [0.5, 0.6) is 0 Å².